The van der Waals surface area contributed by atoms with Crippen LogP contribution in [0.5, 0.6) is 11.5 Å². The third-order valence-corrected chi connectivity index (χ3v) is 8.10. The number of aliphatic hydroxyl groups is 2. The number of anilines is 1. The molecule has 0 fully saturated rings. The lowest BCUT2D eigenvalue weighted by Crippen LogP contribution is -2.37. The Morgan fingerprint density at radius 2 is 1.79 bits per heavy atom. The number of thiazole rings is 1. The Hall–Kier alpha value is -2.67. The zero-order valence-corrected chi connectivity index (χ0v) is 23.5. The molecular weight excluding hydrogens is 543 g/mol. The van der Waals surface area contributed by atoms with Crippen molar-refractivity contribution in [3.05, 3.63) is 58.6 Å². The summed E-state index contributed by atoms with van der Waals surface area (Å²) in [4.78, 5) is 3.20. The van der Waals surface area contributed by atoms with Gasteiger partial charge >= 0.3 is 0 Å². The van der Waals surface area contributed by atoms with Crippen LogP contribution in [0.2, 0.25) is 0 Å². The number of β-amino-alcohol motifs (C(OH)–C–C–N with tert-alkyl or cyclic N) is 1. The predicted octanol–water partition coefficient (Wildman–Crippen LogP) is 4.03. The van der Waals surface area contributed by atoms with E-state index in [-0.39, 0.29) is 19.8 Å². The van der Waals surface area contributed by atoms with Gasteiger partial charge in [-0.1, -0.05) is 29.2 Å². The molecule has 0 atom stereocenters. The zero-order chi connectivity index (χ0) is 27.5. The molecule has 4 rings (SSSR count). The van der Waals surface area contributed by atoms with Gasteiger partial charge in [-0.2, -0.15) is 4.57 Å². The smallest absolute Gasteiger partial charge is 0.262 e. The van der Waals surface area contributed by atoms with Gasteiger partial charge in [-0.25, -0.2) is 4.39 Å². The maximum Gasteiger partial charge on any atom is 0.262 e. The van der Waals surface area contributed by atoms with E-state index >= 15 is 0 Å². The van der Waals surface area contributed by atoms with Crippen molar-refractivity contribution < 1.29 is 38.1 Å². The predicted molar refractivity (Wildman–Crippen MR) is 153 cm³/mol. The summed E-state index contributed by atoms with van der Waals surface area (Å²) < 4.78 is 37.7. The van der Waals surface area contributed by atoms with E-state index in [1.54, 1.807) is 30.2 Å². The number of aliphatic hydroxyl groups excluding tert-OH is 2. The monoisotopic (exact) mass is 577 g/mol. The fraction of sp³-hybridized carbons (Fsp3) is 0.393. The lowest BCUT2D eigenvalue weighted by molar-refractivity contribution is -0.670. The Balaban J connectivity index is 1.54. The van der Waals surface area contributed by atoms with Crippen LogP contribution in [-0.2, 0) is 16.0 Å². The molecule has 1 aliphatic heterocycles. The number of benzene rings is 2. The molecule has 2 aromatic carbocycles. The van der Waals surface area contributed by atoms with E-state index in [0.29, 0.717) is 45.3 Å². The molecule has 0 saturated heterocycles. The lowest BCUT2D eigenvalue weighted by Gasteiger charge is -2.19. The number of ether oxygens (including phenoxy) is 4. The summed E-state index contributed by atoms with van der Waals surface area (Å²) in [5.74, 6) is 1.41. The van der Waals surface area contributed by atoms with Crippen molar-refractivity contribution in [1.29, 1.82) is 0 Å². The SMILES string of the molecule is COc1ccc2c(c1)N(CCO)C(=CC=Cc1sc3cc(OCCF)ccc3[n+]1CCOCCOCCO)S2. The highest BCUT2D eigenvalue weighted by Gasteiger charge is 2.25. The molecule has 39 heavy (non-hydrogen) atoms. The molecule has 0 aliphatic carbocycles. The van der Waals surface area contributed by atoms with E-state index in [1.165, 1.54) is 0 Å². The summed E-state index contributed by atoms with van der Waals surface area (Å²) in [6.07, 6.45) is 6.12. The molecule has 1 aromatic heterocycles. The third-order valence-electron chi connectivity index (χ3n) is 5.85. The zero-order valence-electron chi connectivity index (χ0n) is 21.9. The number of halogens is 1. The molecule has 8 nitrogen and oxygen atoms in total. The van der Waals surface area contributed by atoms with Crippen molar-refractivity contribution in [3.63, 3.8) is 0 Å². The van der Waals surface area contributed by atoms with Crippen molar-refractivity contribution >= 4 is 45.1 Å². The number of allylic oxidation sites excluding steroid dienone is 2. The van der Waals surface area contributed by atoms with Gasteiger partial charge in [0.1, 0.15) is 36.1 Å². The molecule has 2 heterocycles. The number of thioether (sulfide) groups is 1. The highest BCUT2D eigenvalue weighted by Crippen LogP contribution is 2.47. The Morgan fingerprint density at radius 1 is 0.974 bits per heavy atom. The molecule has 210 valence electrons. The van der Waals surface area contributed by atoms with Crippen LogP contribution in [0.25, 0.3) is 16.3 Å². The van der Waals surface area contributed by atoms with Crippen LogP contribution in [0, 0.1) is 0 Å². The summed E-state index contributed by atoms with van der Waals surface area (Å²) in [6.45, 7) is 2.32. The first kappa shape index (κ1) is 29.3. The first-order valence-electron chi connectivity index (χ1n) is 12.7. The summed E-state index contributed by atoms with van der Waals surface area (Å²) in [6, 6.07) is 11.7. The quantitative estimate of drug-likeness (QED) is 0.195. The molecule has 0 unspecified atom stereocenters. The van der Waals surface area contributed by atoms with E-state index < -0.39 is 6.67 Å². The van der Waals surface area contributed by atoms with Gasteiger partial charge in [0.15, 0.2) is 6.54 Å². The molecule has 0 bridgehead atoms. The van der Waals surface area contributed by atoms with Gasteiger partial charge in [0.05, 0.1) is 50.9 Å². The second kappa shape index (κ2) is 15.2. The molecule has 0 amide bonds. The van der Waals surface area contributed by atoms with E-state index in [1.807, 2.05) is 48.6 Å². The largest absolute Gasteiger partial charge is 0.497 e. The number of methoxy groups -OCH3 is 1. The second-order valence-electron chi connectivity index (χ2n) is 8.38. The van der Waals surface area contributed by atoms with Gasteiger partial charge < -0.3 is 34.1 Å². The standard InChI is InChI=1S/C28H34FN2O6S2/c1-34-21-6-8-25-24(19-21)30(10-12-32)27(38-25)3-2-4-28-31(11-15-35-17-18-36-16-13-33)23-7-5-22(37-14-9-29)20-26(23)39-28/h2-8,19-20,32-33H,9-18H2,1H3/q+1. The Morgan fingerprint density at radius 3 is 2.56 bits per heavy atom. The van der Waals surface area contributed by atoms with Crippen molar-refractivity contribution in [2.24, 2.45) is 0 Å². The molecule has 3 aromatic rings. The summed E-state index contributed by atoms with van der Waals surface area (Å²) in [5.41, 5.74) is 2.06. The van der Waals surface area contributed by atoms with Crippen LogP contribution in [0.4, 0.5) is 10.1 Å². The Bertz CT molecular complexity index is 1280. The van der Waals surface area contributed by atoms with Gasteiger partial charge in [-0.15, -0.1) is 0 Å². The van der Waals surface area contributed by atoms with E-state index in [9.17, 15) is 9.50 Å². The van der Waals surface area contributed by atoms with Crippen LogP contribution >= 0.6 is 23.1 Å². The normalized spacial score (nSPS) is 14.2. The van der Waals surface area contributed by atoms with Gasteiger partial charge in [-0.05, 0) is 24.3 Å². The Kier molecular flexibility index (Phi) is 11.4. The fourth-order valence-corrected chi connectivity index (χ4v) is 6.32. The molecular formula is C28H34FN2O6S2+. The van der Waals surface area contributed by atoms with Crippen molar-refractivity contribution in [2.45, 2.75) is 11.4 Å². The fourth-order valence-electron chi connectivity index (χ4n) is 4.10. The van der Waals surface area contributed by atoms with Gasteiger partial charge in [-0.3, -0.25) is 0 Å². The average molecular weight is 578 g/mol. The van der Waals surface area contributed by atoms with Crippen LogP contribution in [-0.4, -0.2) is 76.8 Å². The van der Waals surface area contributed by atoms with Crippen molar-refractivity contribution in [2.75, 3.05) is 71.5 Å². The first-order valence-corrected chi connectivity index (χ1v) is 14.4. The Labute approximate surface area is 235 Å². The van der Waals surface area contributed by atoms with E-state index in [2.05, 4.69) is 15.5 Å². The van der Waals surface area contributed by atoms with Gasteiger partial charge in [0.2, 0.25) is 5.52 Å². The van der Waals surface area contributed by atoms with Gasteiger partial charge in [0, 0.05) is 35.7 Å². The molecule has 2 N–H and O–H groups in total. The summed E-state index contributed by atoms with van der Waals surface area (Å²) >= 11 is 3.27. The van der Waals surface area contributed by atoms with E-state index in [4.69, 9.17) is 24.1 Å². The topological polar surface area (TPSA) is 84.5 Å². The van der Waals surface area contributed by atoms with Crippen LogP contribution in [0.3, 0.4) is 0 Å². The maximum atomic E-state index is 12.6. The number of aromatic nitrogens is 1. The number of hydrogen-bond acceptors (Lipinski definition) is 9. The first-order chi connectivity index (χ1) is 19.2. The van der Waals surface area contributed by atoms with Crippen molar-refractivity contribution in [1.82, 2.24) is 0 Å². The molecule has 0 radical (unpaired) electrons. The molecule has 11 heteroatoms. The lowest BCUT2D eigenvalue weighted by atomic mass is 10.2. The minimum absolute atomic E-state index is 0.00379. The molecule has 1 aliphatic rings. The highest BCUT2D eigenvalue weighted by atomic mass is 32.2. The van der Waals surface area contributed by atoms with Crippen LogP contribution in [0.15, 0.2) is 58.5 Å². The number of rotatable bonds is 16. The molecule has 0 spiro atoms. The second-order valence-corrected chi connectivity index (χ2v) is 10.5. The van der Waals surface area contributed by atoms with Crippen LogP contribution in [0.1, 0.15) is 5.01 Å². The van der Waals surface area contributed by atoms with Crippen LogP contribution < -0.4 is 18.9 Å². The maximum absolute atomic E-state index is 12.6. The average Bonchev–Trinajstić information content (AvgIpc) is 3.48. The summed E-state index contributed by atoms with van der Waals surface area (Å²) in [7, 11) is 1.65. The minimum Gasteiger partial charge on any atom is -0.497 e. The van der Waals surface area contributed by atoms with E-state index in [0.717, 1.165) is 36.6 Å². The minimum atomic E-state index is -0.535. The number of hydrogen-bond donors (Lipinski definition) is 2. The molecule has 0 saturated carbocycles. The highest BCUT2D eigenvalue weighted by molar-refractivity contribution is 8.03. The third kappa shape index (κ3) is 7.71. The van der Waals surface area contributed by atoms with Gasteiger partial charge in [0.25, 0.3) is 5.01 Å². The van der Waals surface area contributed by atoms with Crippen molar-refractivity contribution in [3.8, 4) is 11.5 Å². The number of nitrogens with zero attached hydrogens (tertiary/aromatic N) is 2. The number of alkyl halides is 1. The number of fused-ring (bicyclic) bond motifs is 2. The summed E-state index contributed by atoms with van der Waals surface area (Å²) in [5, 5.41) is 20.5.